The lowest BCUT2D eigenvalue weighted by atomic mass is 9.92. The van der Waals surface area contributed by atoms with E-state index >= 15 is 0 Å². The predicted molar refractivity (Wildman–Crippen MR) is 120 cm³/mol. The molecule has 0 aliphatic carbocycles. The number of benzene rings is 1. The molecule has 0 radical (unpaired) electrons. The number of rotatable bonds is 10. The Morgan fingerprint density at radius 2 is 1.75 bits per heavy atom. The highest BCUT2D eigenvalue weighted by Gasteiger charge is 2.28. The number of pyridine rings is 1. The summed E-state index contributed by atoms with van der Waals surface area (Å²) in [7, 11) is 1.41. The maximum Gasteiger partial charge on any atom is 0.311 e. The van der Waals surface area contributed by atoms with E-state index in [1.807, 2.05) is 45.0 Å². The highest BCUT2D eigenvalue weighted by atomic mass is 16.6. The number of carbonyl (C=O) groups is 3. The van der Waals surface area contributed by atoms with Crippen LogP contribution in [0, 0.1) is 12.8 Å². The molecule has 0 N–H and O–H groups in total. The minimum absolute atomic E-state index is 0.00293. The highest BCUT2D eigenvalue weighted by molar-refractivity contribution is 6.00. The molecule has 172 valence electrons. The van der Waals surface area contributed by atoms with Crippen LogP contribution >= 0.6 is 0 Å². The number of esters is 2. The second-order valence-electron chi connectivity index (χ2n) is 7.83. The van der Waals surface area contributed by atoms with Crippen molar-refractivity contribution in [3.63, 3.8) is 0 Å². The summed E-state index contributed by atoms with van der Waals surface area (Å²) >= 11 is 0. The molecule has 1 aromatic carbocycles. The molecule has 0 spiro atoms. The Hall–Kier alpha value is -3.22. The number of aryl methyl sites for hydroxylation is 1. The lowest BCUT2D eigenvalue weighted by molar-refractivity contribution is -0.153. The molecule has 7 nitrogen and oxygen atoms in total. The van der Waals surface area contributed by atoms with Gasteiger partial charge in [0.15, 0.2) is 17.2 Å². The van der Waals surface area contributed by atoms with Gasteiger partial charge in [0.1, 0.15) is 6.10 Å². The predicted octanol–water partition coefficient (Wildman–Crippen LogP) is 4.66. The Labute approximate surface area is 189 Å². The molecule has 32 heavy (non-hydrogen) atoms. The molecule has 1 heterocycles. The molecule has 0 saturated carbocycles. The van der Waals surface area contributed by atoms with Crippen molar-refractivity contribution < 1.29 is 28.6 Å². The number of ketones is 1. The standard InChI is InChI=1S/C25H31NO6/c1-7-22(28)32-24-21(30-6)12-13-26-23(24)20(27)14-16(3)25(29)31-18(5)17(4)19-11-9-8-10-15(19)2/h8-13,16-18H,7,14H2,1-6H3. The molecule has 1 aromatic heterocycles. The summed E-state index contributed by atoms with van der Waals surface area (Å²) < 4.78 is 16.1. The molecule has 0 bridgehead atoms. The van der Waals surface area contributed by atoms with E-state index in [0.29, 0.717) is 0 Å². The number of hydrogen-bond donors (Lipinski definition) is 0. The van der Waals surface area contributed by atoms with Gasteiger partial charge in [0, 0.05) is 31.0 Å². The van der Waals surface area contributed by atoms with Crippen molar-refractivity contribution >= 4 is 17.7 Å². The second kappa shape index (κ2) is 11.4. The van der Waals surface area contributed by atoms with Gasteiger partial charge >= 0.3 is 11.9 Å². The van der Waals surface area contributed by atoms with Crippen LogP contribution in [0.3, 0.4) is 0 Å². The summed E-state index contributed by atoms with van der Waals surface area (Å²) in [5.41, 5.74) is 2.19. The van der Waals surface area contributed by atoms with Crippen molar-refractivity contribution in [2.75, 3.05) is 7.11 Å². The van der Waals surface area contributed by atoms with Gasteiger partial charge in [0.05, 0.1) is 13.0 Å². The lowest BCUT2D eigenvalue weighted by Crippen LogP contribution is -2.26. The zero-order valence-electron chi connectivity index (χ0n) is 19.5. The van der Waals surface area contributed by atoms with E-state index in [1.54, 1.807) is 13.8 Å². The van der Waals surface area contributed by atoms with Gasteiger partial charge in [-0.25, -0.2) is 4.98 Å². The molecule has 0 saturated heterocycles. The van der Waals surface area contributed by atoms with E-state index in [-0.39, 0.29) is 42.1 Å². The van der Waals surface area contributed by atoms with E-state index in [9.17, 15) is 14.4 Å². The van der Waals surface area contributed by atoms with Gasteiger partial charge in [0.25, 0.3) is 0 Å². The maximum atomic E-state index is 12.9. The molecule has 0 fully saturated rings. The molecule has 7 heteroatoms. The average Bonchev–Trinajstić information content (AvgIpc) is 2.78. The van der Waals surface area contributed by atoms with E-state index in [0.717, 1.165) is 11.1 Å². The second-order valence-corrected chi connectivity index (χ2v) is 7.83. The first-order chi connectivity index (χ1) is 15.2. The van der Waals surface area contributed by atoms with Crippen molar-refractivity contribution in [2.24, 2.45) is 5.92 Å². The lowest BCUT2D eigenvalue weighted by Gasteiger charge is -2.23. The maximum absolute atomic E-state index is 12.9. The Morgan fingerprint density at radius 1 is 1.06 bits per heavy atom. The zero-order chi connectivity index (χ0) is 23.8. The van der Waals surface area contributed by atoms with Crippen LogP contribution in [-0.4, -0.2) is 35.9 Å². The van der Waals surface area contributed by atoms with Crippen LogP contribution in [0.2, 0.25) is 0 Å². The van der Waals surface area contributed by atoms with Crippen molar-refractivity contribution in [1.82, 2.24) is 4.98 Å². The van der Waals surface area contributed by atoms with Crippen LogP contribution < -0.4 is 9.47 Å². The van der Waals surface area contributed by atoms with Gasteiger partial charge in [-0.2, -0.15) is 0 Å². The van der Waals surface area contributed by atoms with Crippen LogP contribution in [0.25, 0.3) is 0 Å². The van der Waals surface area contributed by atoms with E-state index in [1.165, 1.54) is 19.4 Å². The molecule has 0 amide bonds. The number of carbonyl (C=O) groups excluding carboxylic acids is 3. The van der Waals surface area contributed by atoms with Crippen molar-refractivity contribution in [2.45, 2.75) is 59.5 Å². The molecule has 3 atom stereocenters. The van der Waals surface area contributed by atoms with Gasteiger partial charge in [-0.1, -0.05) is 45.0 Å². The molecule has 0 aliphatic heterocycles. The number of nitrogens with zero attached hydrogens (tertiary/aromatic N) is 1. The van der Waals surface area contributed by atoms with Gasteiger partial charge in [-0.05, 0) is 25.0 Å². The van der Waals surface area contributed by atoms with Gasteiger partial charge < -0.3 is 14.2 Å². The zero-order valence-corrected chi connectivity index (χ0v) is 19.5. The van der Waals surface area contributed by atoms with Gasteiger partial charge in [-0.3, -0.25) is 14.4 Å². The topological polar surface area (TPSA) is 91.8 Å². The van der Waals surface area contributed by atoms with Gasteiger partial charge in [0.2, 0.25) is 5.75 Å². The third kappa shape index (κ3) is 6.15. The van der Waals surface area contributed by atoms with E-state index in [4.69, 9.17) is 14.2 Å². The van der Waals surface area contributed by atoms with Crippen LogP contribution in [0.4, 0.5) is 0 Å². The molecular formula is C25H31NO6. The third-order valence-electron chi connectivity index (χ3n) is 5.44. The number of hydrogen-bond acceptors (Lipinski definition) is 7. The molecule has 2 aromatic rings. The fraction of sp³-hybridized carbons (Fsp3) is 0.440. The molecular weight excluding hydrogens is 410 g/mol. The minimum Gasteiger partial charge on any atom is -0.493 e. The SMILES string of the molecule is CCC(=O)Oc1c(OC)ccnc1C(=O)CC(C)C(=O)OC(C)C(C)c1ccccc1C. The summed E-state index contributed by atoms with van der Waals surface area (Å²) in [4.78, 5) is 41.4. The Bertz CT molecular complexity index is 971. The Kier molecular flexibility index (Phi) is 8.93. The largest absolute Gasteiger partial charge is 0.493 e. The first kappa shape index (κ1) is 25.0. The number of methoxy groups -OCH3 is 1. The van der Waals surface area contributed by atoms with Crippen LogP contribution in [0.5, 0.6) is 11.5 Å². The summed E-state index contributed by atoms with van der Waals surface area (Å²) in [6, 6.07) is 9.46. The normalized spacial score (nSPS) is 13.6. The fourth-order valence-corrected chi connectivity index (χ4v) is 3.28. The summed E-state index contributed by atoms with van der Waals surface area (Å²) in [6.07, 6.45) is 1.02. The Balaban J connectivity index is 2.09. The fourth-order valence-electron chi connectivity index (χ4n) is 3.28. The van der Waals surface area contributed by atoms with Gasteiger partial charge in [-0.15, -0.1) is 0 Å². The number of ether oxygens (including phenoxy) is 3. The molecule has 3 unspecified atom stereocenters. The minimum atomic E-state index is -0.697. The van der Waals surface area contributed by atoms with E-state index < -0.39 is 23.6 Å². The first-order valence-electron chi connectivity index (χ1n) is 10.7. The highest BCUT2D eigenvalue weighted by Crippen LogP contribution is 2.31. The number of aromatic nitrogens is 1. The van der Waals surface area contributed by atoms with Crippen LogP contribution in [0.1, 0.15) is 68.1 Å². The summed E-state index contributed by atoms with van der Waals surface area (Å²) in [6.45, 7) is 9.14. The molecule has 2 rings (SSSR count). The first-order valence-corrected chi connectivity index (χ1v) is 10.7. The van der Waals surface area contributed by atoms with Crippen molar-refractivity contribution in [3.05, 3.63) is 53.3 Å². The quantitative estimate of drug-likeness (QED) is 0.391. The van der Waals surface area contributed by atoms with Crippen LogP contribution in [-0.2, 0) is 14.3 Å². The average molecular weight is 442 g/mol. The number of Topliss-reactive ketones (excluding diaryl/α,β-unsaturated/α-hetero) is 1. The Morgan fingerprint density at radius 3 is 2.38 bits per heavy atom. The summed E-state index contributed by atoms with van der Waals surface area (Å²) in [5, 5.41) is 0. The third-order valence-corrected chi connectivity index (χ3v) is 5.44. The van der Waals surface area contributed by atoms with Crippen LogP contribution in [0.15, 0.2) is 36.5 Å². The smallest absolute Gasteiger partial charge is 0.311 e. The van der Waals surface area contributed by atoms with E-state index in [2.05, 4.69) is 4.98 Å². The summed E-state index contributed by atoms with van der Waals surface area (Å²) in [5.74, 6) is -1.93. The van der Waals surface area contributed by atoms with Crippen molar-refractivity contribution in [1.29, 1.82) is 0 Å². The van der Waals surface area contributed by atoms with Crippen molar-refractivity contribution in [3.8, 4) is 11.5 Å². The molecule has 0 aliphatic rings. The monoisotopic (exact) mass is 441 g/mol.